The predicted molar refractivity (Wildman–Crippen MR) is 116 cm³/mol. The Morgan fingerprint density at radius 3 is 1.54 bits per heavy atom. The van der Waals surface area contributed by atoms with Crippen molar-refractivity contribution in [2.75, 3.05) is 66.7 Å². The molecule has 28 heavy (non-hydrogen) atoms. The zero-order chi connectivity index (χ0) is 20.9. The van der Waals surface area contributed by atoms with E-state index in [9.17, 15) is 0 Å². The quantitative estimate of drug-likeness (QED) is 0.159. The smallest absolute Gasteiger partial charge is 0.286 e. The van der Waals surface area contributed by atoms with Crippen molar-refractivity contribution in [3.63, 3.8) is 0 Å². The molecule has 0 rings (SSSR count). The number of unbranched alkanes of at least 4 members (excludes halogenated alkanes) is 5. The van der Waals surface area contributed by atoms with E-state index >= 15 is 0 Å². The molecule has 0 aliphatic carbocycles. The van der Waals surface area contributed by atoms with Gasteiger partial charge in [0.1, 0.15) is 0 Å². The highest BCUT2D eigenvalue weighted by molar-refractivity contribution is 7.80. The molecule has 0 aliphatic rings. The second-order valence-electron chi connectivity index (χ2n) is 6.89. The van der Waals surface area contributed by atoms with Gasteiger partial charge >= 0.3 is 0 Å². The average Bonchev–Trinajstić information content (AvgIpc) is 2.70. The van der Waals surface area contributed by atoms with Crippen molar-refractivity contribution in [1.29, 1.82) is 0 Å². The fourth-order valence-corrected chi connectivity index (χ4v) is 3.42. The van der Waals surface area contributed by atoms with Crippen LogP contribution in [0.1, 0.15) is 58.3 Å². The Hall–Kier alpha value is 0.110. The minimum Gasteiger partial charge on any atom is -0.382 e. The molecule has 0 spiro atoms. The molecule has 7 heteroatoms. The molecule has 0 radical (unpaired) electrons. The van der Waals surface area contributed by atoms with Crippen molar-refractivity contribution >= 4 is 12.6 Å². The lowest BCUT2D eigenvalue weighted by molar-refractivity contribution is -0.409. The second-order valence-corrected chi connectivity index (χ2v) is 7.34. The summed E-state index contributed by atoms with van der Waals surface area (Å²) in [7, 11) is 4.97. The number of hydrogen-bond donors (Lipinski definition) is 1. The minimum absolute atomic E-state index is 0.0849. The van der Waals surface area contributed by atoms with Crippen LogP contribution in [-0.2, 0) is 28.4 Å². The van der Waals surface area contributed by atoms with Gasteiger partial charge in [0.05, 0.1) is 39.6 Å². The molecule has 0 amide bonds. The molecule has 0 N–H and O–H groups in total. The number of ether oxygens (including phenoxy) is 6. The van der Waals surface area contributed by atoms with E-state index in [0.29, 0.717) is 39.6 Å². The van der Waals surface area contributed by atoms with Gasteiger partial charge in [-0.05, 0) is 18.6 Å². The first kappa shape index (κ1) is 28.1. The maximum absolute atomic E-state index is 6.16. The summed E-state index contributed by atoms with van der Waals surface area (Å²) in [4.78, 5) is 0. The minimum atomic E-state index is -1.12. The van der Waals surface area contributed by atoms with Gasteiger partial charge in [0.25, 0.3) is 5.97 Å². The Balaban J connectivity index is 5.08. The van der Waals surface area contributed by atoms with Gasteiger partial charge in [-0.25, -0.2) is 0 Å². The molecule has 1 atom stereocenters. The third-order valence-corrected chi connectivity index (χ3v) is 4.91. The number of hydrogen-bond acceptors (Lipinski definition) is 7. The van der Waals surface area contributed by atoms with E-state index in [1.165, 1.54) is 32.1 Å². The molecule has 0 aromatic carbocycles. The van der Waals surface area contributed by atoms with Gasteiger partial charge < -0.3 is 28.4 Å². The van der Waals surface area contributed by atoms with E-state index in [2.05, 4.69) is 19.6 Å². The van der Waals surface area contributed by atoms with Gasteiger partial charge in [-0.1, -0.05) is 45.4 Å². The third-order valence-electron chi connectivity index (χ3n) is 4.66. The van der Waals surface area contributed by atoms with Crippen LogP contribution in [0.5, 0.6) is 0 Å². The molecule has 6 nitrogen and oxygen atoms in total. The van der Waals surface area contributed by atoms with E-state index < -0.39 is 5.97 Å². The summed E-state index contributed by atoms with van der Waals surface area (Å²) < 4.78 is 34.0. The molecule has 0 aromatic rings. The lowest BCUT2D eigenvalue weighted by atomic mass is 9.95. The molecular weight excluding hydrogens is 380 g/mol. The molecule has 0 bridgehead atoms. The van der Waals surface area contributed by atoms with Gasteiger partial charge in [0.2, 0.25) is 0 Å². The van der Waals surface area contributed by atoms with E-state index in [-0.39, 0.29) is 5.92 Å². The first-order valence-electron chi connectivity index (χ1n) is 10.7. The molecule has 0 aliphatic heterocycles. The Morgan fingerprint density at radius 1 is 0.643 bits per heavy atom. The zero-order valence-electron chi connectivity index (χ0n) is 18.6. The summed E-state index contributed by atoms with van der Waals surface area (Å²) in [6.45, 7) is 4.88. The lowest BCUT2D eigenvalue weighted by Crippen LogP contribution is -2.48. The normalized spacial score (nSPS) is 13.2. The molecule has 0 saturated carbocycles. The van der Waals surface area contributed by atoms with Crippen molar-refractivity contribution in [2.45, 2.75) is 64.3 Å². The van der Waals surface area contributed by atoms with Crippen LogP contribution in [0.4, 0.5) is 0 Å². The summed E-state index contributed by atoms with van der Waals surface area (Å²) in [5.41, 5.74) is 0. The van der Waals surface area contributed by atoms with Gasteiger partial charge in [0.15, 0.2) is 0 Å². The summed E-state index contributed by atoms with van der Waals surface area (Å²) in [5, 5.41) is 0. The van der Waals surface area contributed by atoms with Crippen LogP contribution >= 0.6 is 12.6 Å². The summed E-state index contributed by atoms with van der Waals surface area (Å²) in [5.74, 6) is -0.291. The summed E-state index contributed by atoms with van der Waals surface area (Å²) in [6.07, 6.45) is 9.31. The summed E-state index contributed by atoms with van der Waals surface area (Å²) >= 11 is 4.47. The van der Waals surface area contributed by atoms with Crippen LogP contribution in [0.25, 0.3) is 0 Å². The van der Waals surface area contributed by atoms with Crippen LogP contribution in [0.3, 0.4) is 0 Å². The average molecular weight is 425 g/mol. The largest absolute Gasteiger partial charge is 0.382 e. The highest BCUT2D eigenvalue weighted by Crippen LogP contribution is 2.33. The number of thiol groups is 1. The van der Waals surface area contributed by atoms with Crippen molar-refractivity contribution in [2.24, 2.45) is 5.92 Å². The van der Waals surface area contributed by atoms with Crippen LogP contribution in [-0.4, -0.2) is 72.7 Å². The highest BCUT2D eigenvalue weighted by atomic mass is 32.1. The first-order chi connectivity index (χ1) is 13.7. The maximum Gasteiger partial charge on any atom is 0.286 e. The molecule has 0 saturated heterocycles. The van der Waals surface area contributed by atoms with E-state index in [1.807, 2.05) is 0 Å². The molecule has 0 fully saturated rings. The van der Waals surface area contributed by atoms with Crippen molar-refractivity contribution < 1.29 is 28.4 Å². The Bertz CT molecular complexity index is 293. The molecular formula is C21H44O6S. The monoisotopic (exact) mass is 424 g/mol. The van der Waals surface area contributed by atoms with Gasteiger partial charge in [-0.3, -0.25) is 0 Å². The number of rotatable bonds is 22. The topological polar surface area (TPSA) is 55.4 Å². The Labute approximate surface area is 178 Å². The van der Waals surface area contributed by atoms with E-state index in [4.69, 9.17) is 28.4 Å². The zero-order valence-corrected chi connectivity index (χ0v) is 19.5. The number of methoxy groups -OCH3 is 3. The summed E-state index contributed by atoms with van der Waals surface area (Å²) in [6, 6.07) is 0. The SMILES string of the molecule is CCCCCCCCC(CCS)C(OCCOC)(OCCOC)OCCOC. The fraction of sp³-hybridized carbons (Fsp3) is 1.00. The van der Waals surface area contributed by atoms with Crippen molar-refractivity contribution in [3.05, 3.63) is 0 Å². The van der Waals surface area contributed by atoms with Crippen LogP contribution in [0.15, 0.2) is 0 Å². The van der Waals surface area contributed by atoms with Gasteiger partial charge in [-0.15, -0.1) is 0 Å². The Kier molecular flexibility index (Phi) is 20.5. The standard InChI is InChI=1S/C21H44O6S/c1-5-6-7-8-9-10-11-20(12-19-28)21(25-16-13-22-2,26-17-14-23-3)27-18-15-24-4/h20,28H,5-19H2,1-4H3. The van der Waals surface area contributed by atoms with Crippen molar-refractivity contribution in [3.8, 4) is 0 Å². The Morgan fingerprint density at radius 2 is 1.11 bits per heavy atom. The van der Waals surface area contributed by atoms with E-state index in [1.54, 1.807) is 21.3 Å². The maximum atomic E-state index is 6.16. The van der Waals surface area contributed by atoms with Crippen LogP contribution < -0.4 is 0 Å². The van der Waals surface area contributed by atoms with Crippen molar-refractivity contribution in [1.82, 2.24) is 0 Å². The predicted octanol–water partition coefficient (Wildman–Crippen LogP) is 4.32. The van der Waals surface area contributed by atoms with Crippen LogP contribution in [0.2, 0.25) is 0 Å². The molecule has 0 aromatic heterocycles. The second kappa shape index (κ2) is 20.4. The molecule has 0 heterocycles. The highest BCUT2D eigenvalue weighted by Gasteiger charge is 2.42. The van der Waals surface area contributed by atoms with E-state index in [0.717, 1.165) is 25.0 Å². The molecule has 170 valence electrons. The fourth-order valence-electron chi connectivity index (χ4n) is 3.11. The molecule has 1 unspecified atom stereocenters. The third kappa shape index (κ3) is 13.4. The van der Waals surface area contributed by atoms with Gasteiger partial charge in [-0.2, -0.15) is 12.6 Å². The van der Waals surface area contributed by atoms with Crippen LogP contribution in [0, 0.1) is 5.92 Å². The van der Waals surface area contributed by atoms with Gasteiger partial charge in [0, 0.05) is 27.2 Å². The first-order valence-corrected chi connectivity index (χ1v) is 11.3. The lowest BCUT2D eigenvalue weighted by Gasteiger charge is -2.39.